The van der Waals surface area contributed by atoms with Gasteiger partial charge in [0.25, 0.3) is 0 Å². The van der Waals surface area contributed by atoms with E-state index in [0.717, 1.165) is 0 Å². The van der Waals surface area contributed by atoms with E-state index in [9.17, 15) is 10.1 Å². The van der Waals surface area contributed by atoms with Crippen LogP contribution in [0.1, 0.15) is 5.69 Å². The molecule has 0 saturated carbocycles. The van der Waals surface area contributed by atoms with E-state index < -0.39 is 4.92 Å². The molecule has 9 heteroatoms. The van der Waals surface area contributed by atoms with E-state index >= 15 is 0 Å². The molecule has 2 heterocycles. The van der Waals surface area contributed by atoms with Crippen LogP contribution in [0.15, 0.2) is 18.7 Å². The van der Waals surface area contributed by atoms with Crippen LogP contribution in [0.5, 0.6) is 0 Å². The van der Waals surface area contributed by atoms with Gasteiger partial charge in [0.05, 0.1) is 11.3 Å². The van der Waals surface area contributed by atoms with Gasteiger partial charge in [-0.1, -0.05) is 0 Å². The van der Waals surface area contributed by atoms with Crippen LogP contribution < -0.4 is 10.6 Å². The highest BCUT2D eigenvalue weighted by Gasteiger charge is 2.21. The highest BCUT2D eigenvalue weighted by Crippen LogP contribution is 2.26. The molecule has 0 bridgehead atoms. The summed E-state index contributed by atoms with van der Waals surface area (Å²) in [6.07, 6.45) is 5.18. The number of imidazole rings is 1. The third-order valence-corrected chi connectivity index (χ3v) is 2.69. The Morgan fingerprint density at radius 3 is 2.85 bits per heavy atom. The van der Waals surface area contributed by atoms with E-state index in [1.165, 1.54) is 0 Å². The molecule has 20 heavy (non-hydrogen) atoms. The average molecular weight is 277 g/mol. The number of anilines is 2. The Hall–Kier alpha value is -2.71. The quantitative estimate of drug-likeness (QED) is 0.599. The Balaban J connectivity index is 2.16. The number of aryl methyl sites for hydroxylation is 1. The monoisotopic (exact) mass is 277 g/mol. The fourth-order valence-electron chi connectivity index (χ4n) is 1.74. The van der Waals surface area contributed by atoms with E-state index in [-0.39, 0.29) is 11.5 Å². The molecule has 0 aliphatic rings. The van der Waals surface area contributed by atoms with Crippen molar-refractivity contribution in [1.29, 1.82) is 0 Å². The maximum atomic E-state index is 11.1. The van der Waals surface area contributed by atoms with Gasteiger partial charge in [-0.05, 0) is 6.92 Å². The van der Waals surface area contributed by atoms with Gasteiger partial charge in [0.1, 0.15) is 5.69 Å². The van der Waals surface area contributed by atoms with Gasteiger partial charge >= 0.3 is 5.69 Å². The molecule has 0 aliphatic carbocycles. The van der Waals surface area contributed by atoms with Crippen LogP contribution in [0.4, 0.5) is 17.5 Å². The molecule has 9 nitrogen and oxygen atoms in total. The molecule has 0 radical (unpaired) electrons. The standard InChI is InChI=1S/C11H15N7O2/c1-8-9(18(19)20)10(16-11(12-2)15-8)14-4-6-17-5-3-13-7-17/h3,5,7H,4,6H2,1-2H3,(H2,12,14,15,16). The summed E-state index contributed by atoms with van der Waals surface area (Å²) in [5.74, 6) is 0.560. The zero-order valence-corrected chi connectivity index (χ0v) is 11.2. The number of nitrogens with one attached hydrogen (secondary N) is 2. The van der Waals surface area contributed by atoms with Crippen molar-refractivity contribution in [3.05, 3.63) is 34.5 Å². The third kappa shape index (κ3) is 2.99. The Bertz CT molecular complexity index is 597. The maximum Gasteiger partial charge on any atom is 0.332 e. The van der Waals surface area contributed by atoms with Crippen LogP contribution in [-0.2, 0) is 6.54 Å². The largest absolute Gasteiger partial charge is 0.362 e. The molecule has 0 aliphatic heterocycles. The van der Waals surface area contributed by atoms with Crippen molar-refractivity contribution in [2.75, 3.05) is 24.2 Å². The predicted octanol–water partition coefficient (Wildman–Crippen LogP) is 1.04. The minimum absolute atomic E-state index is 0.102. The lowest BCUT2D eigenvalue weighted by atomic mass is 10.3. The van der Waals surface area contributed by atoms with Crippen LogP contribution >= 0.6 is 0 Å². The first-order chi connectivity index (χ1) is 9.61. The van der Waals surface area contributed by atoms with E-state index in [2.05, 4.69) is 25.6 Å². The van der Waals surface area contributed by atoms with Crippen molar-refractivity contribution < 1.29 is 4.92 Å². The van der Waals surface area contributed by atoms with Crippen LogP contribution in [-0.4, -0.2) is 38.0 Å². The van der Waals surface area contributed by atoms with E-state index in [1.54, 1.807) is 26.5 Å². The molecule has 0 spiro atoms. The molecular weight excluding hydrogens is 262 g/mol. The minimum atomic E-state index is -0.478. The van der Waals surface area contributed by atoms with Crippen LogP contribution in [0, 0.1) is 17.0 Å². The second-order valence-electron chi connectivity index (χ2n) is 4.06. The summed E-state index contributed by atoms with van der Waals surface area (Å²) in [6, 6.07) is 0. The van der Waals surface area contributed by atoms with Crippen molar-refractivity contribution >= 4 is 17.5 Å². The Labute approximate surface area is 115 Å². The van der Waals surface area contributed by atoms with Crippen LogP contribution in [0.2, 0.25) is 0 Å². The van der Waals surface area contributed by atoms with Crippen molar-refractivity contribution in [3.8, 4) is 0 Å². The van der Waals surface area contributed by atoms with E-state index in [1.807, 2.05) is 10.8 Å². The zero-order valence-electron chi connectivity index (χ0n) is 11.2. The normalized spacial score (nSPS) is 10.3. The fourth-order valence-corrected chi connectivity index (χ4v) is 1.74. The predicted molar refractivity (Wildman–Crippen MR) is 73.7 cm³/mol. The second kappa shape index (κ2) is 5.95. The Morgan fingerprint density at radius 1 is 1.45 bits per heavy atom. The van der Waals surface area contributed by atoms with Crippen molar-refractivity contribution in [3.63, 3.8) is 0 Å². The Kier molecular flexibility index (Phi) is 4.08. The first kappa shape index (κ1) is 13.7. The lowest BCUT2D eigenvalue weighted by Crippen LogP contribution is -2.14. The van der Waals surface area contributed by atoms with E-state index in [4.69, 9.17) is 0 Å². The van der Waals surface area contributed by atoms with Gasteiger partial charge in [0.2, 0.25) is 11.8 Å². The molecule has 2 aromatic heterocycles. The highest BCUT2D eigenvalue weighted by molar-refractivity contribution is 5.60. The molecule has 2 rings (SSSR count). The first-order valence-corrected chi connectivity index (χ1v) is 6.02. The fraction of sp³-hybridized carbons (Fsp3) is 0.364. The Morgan fingerprint density at radius 2 is 2.25 bits per heavy atom. The van der Waals surface area contributed by atoms with Gasteiger partial charge in [-0.15, -0.1) is 0 Å². The van der Waals surface area contributed by atoms with Gasteiger partial charge in [0, 0.05) is 32.5 Å². The lowest BCUT2D eigenvalue weighted by molar-refractivity contribution is -0.385. The minimum Gasteiger partial charge on any atom is -0.362 e. The molecule has 106 valence electrons. The van der Waals surface area contributed by atoms with Crippen LogP contribution in [0.25, 0.3) is 0 Å². The molecular formula is C11H15N7O2. The highest BCUT2D eigenvalue weighted by atomic mass is 16.6. The summed E-state index contributed by atoms with van der Waals surface area (Å²) in [5.41, 5.74) is 0.217. The third-order valence-electron chi connectivity index (χ3n) is 2.69. The number of nitro groups is 1. The molecule has 0 fully saturated rings. The van der Waals surface area contributed by atoms with Gasteiger partial charge in [-0.25, -0.2) is 9.97 Å². The summed E-state index contributed by atoms with van der Waals surface area (Å²) >= 11 is 0. The number of nitrogens with zero attached hydrogens (tertiary/aromatic N) is 5. The molecule has 0 aromatic carbocycles. The average Bonchev–Trinajstić information content (AvgIpc) is 2.90. The second-order valence-corrected chi connectivity index (χ2v) is 4.06. The van der Waals surface area contributed by atoms with Crippen molar-refractivity contribution in [1.82, 2.24) is 19.5 Å². The van der Waals surface area contributed by atoms with Crippen molar-refractivity contribution in [2.24, 2.45) is 0 Å². The zero-order chi connectivity index (χ0) is 14.5. The smallest absolute Gasteiger partial charge is 0.332 e. The van der Waals surface area contributed by atoms with E-state index in [0.29, 0.717) is 24.7 Å². The van der Waals surface area contributed by atoms with Crippen LogP contribution in [0.3, 0.4) is 0 Å². The molecule has 2 N–H and O–H groups in total. The van der Waals surface area contributed by atoms with Gasteiger partial charge in [-0.2, -0.15) is 4.98 Å². The van der Waals surface area contributed by atoms with Gasteiger partial charge in [0.15, 0.2) is 0 Å². The molecule has 0 unspecified atom stereocenters. The van der Waals surface area contributed by atoms with Crippen molar-refractivity contribution in [2.45, 2.75) is 13.5 Å². The number of aromatic nitrogens is 4. The summed E-state index contributed by atoms with van der Waals surface area (Å²) in [4.78, 5) is 22.6. The molecule has 0 amide bonds. The summed E-state index contributed by atoms with van der Waals surface area (Å²) in [5, 5.41) is 16.8. The summed E-state index contributed by atoms with van der Waals surface area (Å²) in [6.45, 7) is 2.72. The first-order valence-electron chi connectivity index (χ1n) is 6.02. The molecule has 0 atom stereocenters. The maximum absolute atomic E-state index is 11.1. The lowest BCUT2D eigenvalue weighted by Gasteiger charge is -2.09. The van der Waals surface area contributed by atoms with Gasteiger partial charge < -0.3 is 15.2 Å². The summed E-state index contributed by atoms with van der Waals surface area (Å²) in [7, 11) is 1.66. The number of hydrogen-bond donors (Lipinski definition) is 2. The number of hydrogen-bond acceptors (Lipinski definition) is 7. The number of rotatable bonds is 6. The molecule has 0 saturated heterocycles. The SMILES string of the molecule is CNc1nc(C)c([N+](=O)[O-])c(NCCn2ccnc2)n1. The topological polar surface area (TPSA) is 111 Å². The van der Waals surface area contributed by atoms with Gasteiger partial charge in [-0.3, -0.25) is 10.1 Å². The summed E-state index contributed by atoms with van der Waals surface area (Å²) < 4.78 is 1.87. The molecule has 2 aromatic rings.